The van der Waals surface area contributed by atoms with E-state index in [2.05, 4.69) is 13.8 Å². The van der Waals surface area contributed by atoms with Gasteiger partial charge in [0.2, 0.25) is 0 Å². The first-order chi connectivity index (χ1) is 15.5. The van der Waals surface area contributed by atoms with Crippen molar-refractivity contribution in [2.45, 2.75) is 110 Å². The zero-order chi connectivity index (χ0) is 23.9. The van der Waals surface area contributed by atoms with Gasteiger partial charge in [0.05, 0.1) is 26.4 Å². The number of carbonyl (C=O) groups excluding carboxylic acids is 2. The van der Waals surface area contributed by atoms with Crippen molar-refractivity contribution in [2.24, 2.45) is 0 Å². The number of esters is 2. The predicted octanol–water partition coefficient (Wildman–Crippen LogP) is 4.25. The Morgan fingerprint density at radius 1 is 0.656 bits per heavy atom. The minimum atomic E-state index is -2.45. The van der Waals surface area contributed by atoms with Crippen LogP contribution in [0.5, 0.6) is 0 Å². The standard InChI is InChI=1S/C24H46O8/c1-3-5-7-9-11-13-15-22(26)31-24(28,21-30-20-19-29-18-17-25)32-23(27)16-14-12-10-8-6-4-2/h25,28H,3-21H2,1-2H3. The van der Waals surface area contributed by atoms with Crippen LogP contribution in [0.1, 0.15) is 104 Å². The Bertz CT molecular complexity index is 425. The number of carbonyl (C=O) groups is 2. The van der Waals surface area contributed by atoms with E-state index in [0.29, 0.717) is 12.8 Å². The van der Waals surface area contributed by atoms with Crippen molar-refractivity contribution >= 4 is 11.9 Å². The van der Waals surface area contributed by atoms with Gasteiger partial charge in [-0.15, -0.1) is 0 Å². The molecule has 0 spiro atoms. The van der Waals surface area contributed by atoms with E-state index in [1.807, 2.05) is 0 Å². The summed E-state index contributed by atoms with van der Waals surface area (Å²) >= 11 is 0. The number of aliphatic hydroxyl groups excluding tert-OH is 1. The second kappa shape index (κ2) is 21.6. The highest BCUT2D eigenvalue weighted by molar-refractivity contribution is 5.71. The molecule has 8 nitrogen and oxygen atoms in total. The molecule has 32 heavy (non-hydrogen) atoms. The highest BCUT2D eigenvalue weighted by Crippen LogP contribution is 2.16. The van der Waals surface area contributed by atoms with E-state index in [1.165, 1.54) is 12.8 Å². The predicted molar refractivity (Wildman–Crippen MR) is 122 cm³/mol. The molecular formula is C24H46O8. The minimum absolute atomic E-state index is 0.0896. The zero-order valence-corrected chi connectivity index (χ0v) is 20.3. The SMILES string of the molecule is CCCCCCCCC(=O)OC(O)(COCCOCCO)OC(=O)CCCCCCCC. The minimum Gasteiger partial charge on any atom is -0.396 e. The van der Waals surface area contributed by atoms with Crippen LogP contribution in [0.4, 0.5) is 0 Å². The smallest absolute Gasteiger partial charge is 0.396 e. The molecule has 0 aromatic heterocycles. The summed E-state index contributed by atoms with van der Waals surface area (Å²) in [5.41, 5.74) is 0. The van der Waals surface area contributed by atoms with Crippen molar-refractivity contribution in [3.8, 4) is 0 Å². The van der Waals surface area contributed by atoms with Crippen molar-refractivity contribution in [1.29, 1.82) is 0 Å². The highest BCUT2D eigenvalue weighted by atomic mass is 16.9. The molecule has 0 aliphatic carbocycles. The molecule has 0 aromatic carbocycles. The van der Waals surface area contributed by atoms with E-state index in [0.717, 1.165) is 51.4 Å². The third kappa shape index (κ3) is 19.5. The summed E-state index contributed by atoms with van der Waals surface area (Å²) < 4.78 is 20.5. The molecule has 2 N–H and O–H groups in total. The van der Waals surface area contributed by atoms with Crippen LogP contribution in [0.15, 0.2) is 0 Å². The first kappa shape index (κ1) is 30.8. The first-order valence-corrected chi connectivity index (χ1v) is 12.4. The van der Waals surface area contributed by atoms with E-state index in [4.69, 9.17) is 24.1 Å². The van der Waals surface area contributed by atoms with Gasteiger partial charge in [-0.25, -0.2) is 0 Å². The Morgan fingerprint density at radius 2 is 1.09 bits per heavy atom. The van der Waals surface area contributed by atoms with Crippen LogP contribution >= 0.6 is 0 Å². The third-order valence-electron chi connectivity index (χ3n) is 4.91. The molecule has 0 saturated carbocycles. The molecule has 0 heterocycles. The summed E-state index contributed by atoms with van der Waals surface area (Å²) in [6.07, 6.45) is 12.5. The summed E-state index contributed by atoms with van der Waals surface area (Å²) in [5, 5.41) is 19.3. The summed E-state index contributed by atoms with van der Waals surface area (Å²) in [6.45, 7) is 4.14. The Balaban J connectivity index is 4.44. The van der Waals surface area contributed by atoms with Crippen LogP contribution < -0.4 is 0 Å². The molecule has 0 amide bonds. The fourth-order valence-corrected chi connectivity index (χ4v) is 3.12. The second-order valence-electron chi connectivity index (χ2n) is 8.08. The molecule has 0 aromatic rings. The lowest BCUT2D eigenvalue weighted by atomic mass is 10.1. The van der Waals surface area contributed by atoms with Gasteiger partial charge in [0.1, 0.15) is 0 Å². The summed E-state index contributed by atoms with van der Waals surface area (Å²) in [4.78, 5) is 24.4. The molecule has 0 rings (SSSR count). The Hall–Kier alpha value is -1.22. The zero-order valence-electron chi connectivity index (χ0n) is 20.3. The maximum atomic E-state index is 12.2. The number of aliphatic hydroxyl groups is 2. The van der Waals surface area contributed by atoms with Gasteiger partial charge in [0.15, 0.2) is 6.61 Å². The van der Waals surface area contributed by atoms with Gasteiger partial charge in [-0.3, -0.25) is 9.59 Å². The molecule has 0 saturated heterocycles. The van der Waals surface area contributed by atoms with Gasteiger partial charge >= 0.3 is 17.9 Å². The third-order valence-corrected chi connectivity index (χ3v) is 4.91. The van der Waals surface area contributed by atoms with Gasteiger partial charge in [-0.2, -0.15) is 0 Å². The summed E-state index contributed by atoms with van der Waals surface area (Å²) in [7, 11) is 0. The van der Waals surface area contributed by atoms with Crippen LogP contribution in [-0.2, 0) is 28.5 Å². The normalized spacial score (nSPS) is 11.5. The van der Waals surface area contributed by atoms with Gasteiger partial charge in [0, 0.05) is 12.8 Å². The molecule has 0 atom stereocenters. The maximum Gasteiger partial charge on any atom is 0.398 e. The number of ether oxygens (including phenoxy) is 4. The van der Waals surface area contributed by atoms with Crippen LogP contribution in [0.3, 0.4) is 0 Å². The summed E-state index contributed by atoms with van der Waals surface area (Å²) in [5.74, 6) is -3.71. The lowest BCUT2D eigenvalue weighted by molar-refractivity contribution is -0.341. The van der Waals surface area contributed by atoms with Gasteiger partial charge < -0.3 is 29.2 Å². The van der Waals surface area contributed by atoms with E-state index in [-0.39, 0.29) is 39.3 Å². The molecule has 0 fully saturated rings. The number of rotatable bonds is 23. The Morgan fingerprint density at radius 3 is 1.56 bits per heavy atom. The second-order valence-corrected chi connectivity index (χ2v) is 8.08. The fourth-order valence-electron chi connectivity index (χ4n) is 3.12. The van der Waals surface area contributed by atoms with Crippen molar-refractivity contribution in [3.63, 3.8) is 0 Å². The van der Waals surface area contributed by atoms with E-state index in [9.17, 15) is 14.7 Å². The van der Waals surface area contributed by atoms with Crippen LogP contribution in [0.2, 0.25) is 0 Å². The molecule has 0 aliphatic rings. The molecule has 0 radical (unpaired) electrons. The molecule has 0 bridgehead atoms. The lowest BCUT2D eigenvalue weighted by Gasteiger charge is -2.26. The average Bonchev–Trinajstić information content (AvgIpc) is 2.75. The Kier molecular flexibility index (Phi) is 20.8. The fraction of sp³-hybridized carbons (Fsp3) is 0.917. The lowest BCUT2D eigenvalue weighted by Crippen LogP contribution is -2.44. The van der Waals surface area contributed by atoms with Crippen LogP contribution in [0.25, 0.3) is 0 Å². The average molecular weight is 463 g/mol. The van der Waals surface area contributed by atoms with Gasteiger partial charge in [0.25, 0.3) is 0 Å². The van der Waals surface area contributed by atoms with E-state index in [1.54, 1.807) is 0 Å². The van der Waals surface area contributed by atoms with Crippen molar-refractivity contribution in [1.82, 2.24) is 0 Å². The molecule has 0 unspecified atom stereocenters. The van der Waals surface area contributed by atoms with E-state index >= 15 is 0 Å². The monoisotopic (exact) mass is 462 g/mol. The molecule has 8 heteroatoms. The number of hydrogen-bond donors (Lipinski definition) is 2. The number of hydrogen-bond acceptors (Lipinski definition) is 8. The highest BCUT2D eigenvalue weighted by Gasteiger charge is 2.37. The molecule has 190 valence electrons. The van der Waals surface area contributed by atoms with Crippen LogP contribution in [-0.4, -0.2) is 61.2 Å². The van der Waals surface area contributed by atoms with Crippen LogP contribution in [0, 0.1) is 0 Å². The van der Waals surface area contributed by atoms with Crippen molar-refractivity contribution < 1.29 is 38.7 Å². The quantitative estimate of drug-likeness (QED) is 0.132. The number of unbranched alkanes of at least 4 members (excludes halogenated alkanes) is 10. The van der Waals surface area contributed by atoms with Crippen molar-refractivity contribution in [3.05, 3.63) is 0 Å². The molecular weight excluding hydrogens is 416 g/mol. The largest absolute Gasteiger partial charge is 0.398 e. The van der Waals surface area contributed by atoms with Gasteiger partial charge in [-0.1, -0.05) is 78.1 Å². The van der Waals surface area contributed by atoms with E-state index < -0.39 is 24.5 Å². The van der Waals surface area contributed by atoms with Crippen molar-refractivity contribution in [2.75, 3.05) is 33.0 Å². The topological polar surface area (TPSA) is 112 Å². The Labute approximate surface area is 193 Å². The summed E-state index contributed by atoms with van der Waals surface area (Å²) in [6, 6.07) is 0. The maximum absolute atomic E-state index is 12.2. The first-order valence-electron chi connectivity index (χ1n) is 12.4. The molecule has 0 aliphatic heterocycles. The van der Waals surface area contributed by atoms with Gasteiger partial charge in [-0.05, 0) is 12.8 Å².